The van der Waals surface area contributed by atoms with Crippen LogP contribution in [-0.4, -0.2) is 35.4 Å². The predicted octanol–water partition coefficient (Wildman–Crippen LogP) is 14.8. The van der Waals surface area contributed by atoms with Crippen LogP contribution in [0.25, 0.3) is 34.4 Å². The number of allylic oxidation sites excluding steroid dienone is 4. The average molecular weight is 837 g/mol. The fourth-order valence-corrected chi connectivity index (χ4v) is 8.71. The van der Waals surface area contributed by atoms with Crippen LogP contribution >= 0.6 is 22.7 Å². The Labute approximate surface area is 361 Å². The maximum absolute atomic E-state index is 10.9. The number of hydrogen-bond donors (Lipinski definition) is 2. The summed E-state index contributed by atoms with van der Waals surface area (Å²) in [5.41, 5.74) is 10.0. The monoisotopic (exact) mass is 836 g/mol. The molecule has 6 nitrogen and oxygen atoms in total. The van der Waals surface area contributed by atoms with Crippen LogP contribution in [0.2, 0.25) is 0 Å². The number of benzene rings is 2. The summed E-state index contributed by atoms with van der Waals surface area (Å²) in [6.45, 7) is 18.2. The van der Waals surface area contributed by atoms with E-state index in [-0.39, 0.29) is 5.41 Å². The van der Waals surface area contributed by atoms with Gasteiger partial charge in [0.15, 0.2) is 0 Å². The summed E-state index contributed by atoms with van der Waals surface area (Å²) in [7, 11) is 0. The smallest absolute Gasteiger partial charge is 0.328 e. The van der Waals surface area contributed by atoms with Gasteiger partial charge in [0.25, 0.3) is 0 Å². The highest BCUT2D eigenvalue weighted by molar-refractivity contribution is 7.11. The topological polar surface area (TPSA) is 93.1 Å². The van der Waals surface area contributed by atoms with Crippen LogP contribution in [0.15, 0.2) is 88.7 Å². The number of thiophene rings is 2. The van der Waals surface area contributed by atoms with Gasteiger partial charge in [-0.3, -0.25) is 0 Å². The molecule has 0 radical (unpaired) electrons. The third-order valence-corrected chi connectivity index (χ3v) is 12.1. The molecule has 1 aliphatic carbocycles. The van der Waals surface area contributed by atoms with Gasteiger partial charge >= 0.3 is 11.9 Å². The third kappa shape index (κ3) is 14.2. The van der Waals surface area contributed by atoms with Crippen molar-refractivity contribution in [2.24, 2.45) is 0 Å². The molecule has 316 valence electrons. The van der Waals surface area contributed by atoms with Gasteiger partial charge in [-0.25, -0.2) is 9.59 Å². The van der Waals surface area contributed by atoms with Gasteiger partial charge in [-0.2, -0.15) is 0 Å². The summed E-state index contributed by atoms with van der Waals surface area (Å²) in [6.07, 6.45) is 20.7. The molecule has 8 heteroatoms. The lowest BCUT2D eigenvalue weighted by atomic mass is 9.81. The summed E-state index contributed by atoms with van der Waals surface area (Å²) in [4.78, 5) is 24.0. The van der Waals surface area contributed by atoms with Crippen LogP contribution in [-0.2, 0) is 21.4 Å². The minimum Gasteiger partial charge on any atom is -0.493 e. The van der Waals surface area contributed by atoms with E-state index in [0.717, 1.165) is 63.6 Å². The van der Waals surface area contributed by atoms with Crippen LogP contribution in [0.1, 0.15) is 139 Å². The van der Waals surface area contributed by atoms with Crippen molar-refractivity contribution in [3.05, 3.63) is 115 Å². The number of carboxylic acid groups (broad SMARTS) is 2. The first-order valence-electron chi connectivity index (χ1n) is 21.2. The molecule has 0 spiro atoms. The standard InChI is InChI=1S/C27H34O3S.C24H30O3S/c1-4-14-30-27-23(21-9-7-6-8-10-21)17-20(5-2)18-24(27)22-13-15-31-25(22)12-11-19(3)16-26(28)29;1-6-7-13-27-21-10-9-18(24(3,4)5)16-20(21)19-12-14-28-22(19)11-8-17(2)15-23(25)26/h11-13,15-18,21H,4-10,14H2,1-3H3,(H,28,29);8-12,14-16H,6-7,13H2,1-5H3,(H,25,26)/b12-11+,19-16+;11-8+,17-15+. The SMILES string of the molecule is CCCCOc1ccc(C(C)(C)C)cc1-c1ccsc1/C=C/C(C)=C/C(=O)O.CCCOc1c(-c2ccsc2/C=C/C(C)=C/C(=O)O)cc(CC)cc1C1CCCCC1. The summed E-state index contributed by atoms with van der Waals surface area (Å²) in [5.74, 6) is 0.669. The number of ether oxygens (including phenoxy) is 2. The Balaban J connectivity index is 0.000000262. The minimum absolute atomic E-state index is 0.0452. The highest BCUT2D eigenvalue weighted by atomic mass is 32.1. The van der Waals surface area contributed by atoms with Crippen molar-refractivity contribution in [3.8, 4) is 33.8 Å². The molecule has 0 unspecified atom stereocenters. The van der Waals surface area contributed by atoms with E-state index in [1.807, 2.05) is 31.2 Å². The summed E-state index contributed by atoms with van der Waals surface area (Å²) >= 11 is 3.31. The van der Waals surface area contributed by atoms with Crippen molar-refractivity contribution in [1.29, 1.82) is 0 Å². The number of aliphatic carboxylic acids is 2. The van der Waals surface area contributed by atoms with Crippen LogP contribution in [0, 0.1) is 0 Å². The molecule has 0 saturated heterocycles. The molecular formula is C51H64O6S2. The van der Waals surface area contributed by atoms with Gasteiger partial charge < -0.3 is 19.7 Å². The molecule has 2 aromatic heterocycles. The second kappa shape index (κ2) is 23.2. The first-order chi connectivity index (χ1) is 28.2. The van der Waals surface area contributed by atoms with Gasteiger partial charge in [-0.05, 0) is 138 Å². The second-order valence-electron chi connectivity index (χ2n) is 16.3. The van der Waals surface area contributed by atoms with Gasteiger partial charge in [-0.15, -0.1) is 22.7 Å². The molecule has 59 heavy (non-hydrogen) atoms. The number of rotatable bonds is 17. The van der Waals surface area contributed by atoms with E-state index in [9.17, 15) is 9.59 Å². The number of unbranched alkanes of at least 4 members (excludes halogenated alkanes) is 1. The molecule has 1 aliphatic rings. The Bertz CT molecular complexity index is 2110. The Morgan fingerprint density at radius 3 is 1.85 bits per heavy atom. The quantitative estimate of drug-likeness (QED) is 0.0625. The van der Waals surface area contributed by atoms with Gasteiger partial charge in [0, 0.05) is 44.2 Å². The van der Waals surface area contributed by atoms with E-state index < -0.39 is 11.9 Å². The molecule has 1 fully saturated rings. The Morgan fingerprint density at radius 2 is 1.32 bits per heavy atom. The largest absolute Gasteiger partial charge is 0.493 e. The zero-order chi connectivity index (χ0) is 43.0. The van der Waals surface area contributed by atoms with Crippen LogP contribution in [0.4, 0.5) is 0 Å². The highest BCUT2D eigenvalue weighted by Crippen LogP contribution is 2.45. The molecule has 1 saturated carbocycles. The molecule has 2 aromatic carbocycles. The molecule has 0 amide bonds. The molecular weight excluding hydrogens is 773 g/mol. The zero-order valence-electron chi connectivity index (χ0n) is 36.4. The fourth-order valence-electron chi connectivity index (χ4n) is 7.10. The molecule has 5 rings (SSSR count). The Morgan fingerprint density at radius 1 is 0.729 bits per heavy atom. The van der Waals surface area contributed by atoms with Crippen molar-refractivity contribution in [3.63, 3.8) is 0 Å². The highest BCUT2D eigenvalue weighted by Gasteiger charge is 2.24. The second-order valence-corrected chi connectivity index (χ2v) is 18.2. The Hall–Kier alpha value is -4.66. The summed E-state index contributed by atoms with van der Waals surface area (Å²) in [5, 5.41) is 22.0. The maximum Gasteiger partial charge on any atom is 0.328 e. The zero-order valence-corrected chi connectivity index (χ0v) is 38.0. The lowest BCUT2D eigenvalue weighted by Gasteiger charge is -2.26. The van der Waals surface area contributed by atoms with Gasteiger partial charge in [-0.1, -0.05) is 91.5 Å². The molecule has 2 heterocycles. The van der Waals surface area contributed by atoms with Crippen molar-refractivity contribution < 1.29 is 29.3 Å². The first kappa shape index (κ1) is 47.0. The lowest BCUT2D eigenvalue weighted by Crippen LogP contribution is -2.11. The number of hydrogen-bond acceptors (Lipinski definition) is 6. The van der Waals surface area contributed by atoms with E-state index in [4.69, 9.17) is 19.7 Å². The van der Waals surface area contributed by atoms with Crippen LogP contribution < -0.4 is 9.47 Å². The van der Waals surface area contributed by atoms with Gasteiger partial charge in [0.05, 0.1) is 13.2 Å². The third-order valence-electron chi connectivity index (χ3n) is 10.4. The summed E-state index contributed by atoms with van der Waals surface area (Å²) < 4.78 is 12.5. The van der Waals surface area contributed by atoms with Crippen molar-refractivity contribution in [2.75, 3.05) is 13.2 Å². The first-order valence-corrected chi connectivity index (χ1v) is 22.9. The van der Waals surface area contributed by atoms with E-state index in [1.54, 1.807) is 29.6 Å². The van der Waals surface area contributed by atoms with Crippen molar-refractivity contribution in [1.82, 2.24) is 0 Å². The molecule has 0 bridgehead atoms. The van der Waals surface area contributed by atoms with Crippen molar-refractivity contribution in [2.45, 2.75) is 125 Å². The minimum atomic E-state index is -0.932. The number of aryl methyl sites for hydroxylation is 1. The van der Waals surface area contributed by atoms with Crippen molar-refractivity contribution >= 4 is 46.8 Å². The van der Waals surface area contributed by atoms with E-state index >= 15 is 0 Å². The molecule has 2 N–H and O–H groups in total. The fraction of sp³-hybridized carbons (Fsp3) is 0.412. The van der Waals surface area contributed by atoms with Crippen LogP contribution in [0.3, 0.4) is 0 Å². The molecule has 0 atom stereocenters. The predicted molar refractivity (Wildman–Crippen MR) is 250 cm³/mol. The lowest BCUT2D eigenvalue weighted by molar-refractivity contribution is -0.132. The normalized spacial score (nSPS) is 14.1. The number of carbonyl (C=O) groups is 2. The molecule has 0 aliphatic heterocycles. The maximum atomic E-state index is 10.9. The van der Waals surface area contributed by atoms with Gasteiger partial charge in [0.2, 0.25) is 0 Å². The van der Waals surface area contributed by atoms with E-state index in [0.29, 0.717) is 24.7 Å². The molecule has 4 aromatic rings. The van der Waals surface area contributed by atoms with Crippen LogP contribution in [0.5, 0.6) is 11.5 Å². The Kier molecular flexibility index (Phi) is 18.5. The van der Waals surface area contributed by atoms with E-state index in [2.05, 4.69) is 94.8 Å². The average Bonchev–Trinajstić information content (AvgIpc) is 3.88. The number of carboxylic acids is 2. The van der Waals surface area contributed by atoms with Gasteiger partial charge in [0.1, 0.15) is 11.5 Å². The van der Waals surface area contributed by atoms with E-state index in [1.165, 1.54) is 72.1 Å². The summed E-state index contributed by atoms with van der Waals surface area (Å²) in [6, 6.07) is 15.4.